The summed E-state index contributed by atoms with van der Waals surface area (Å²) in [5.41, 5.74) is 1.42. The Bertz CT molecular complexity index is 689. The highest BCUT2D eigenvalue weighted by Crippen LogP contribution is 2.51. The first-order valence-corrected chi connectivity index (χ1v) is 9.04. The van der Waals surface area contributed by atoms with E-state index in [1.807, 2.05) is 24.3 Å². The standard InChI is InChI=1S/C20H28N4O/c1-3-21-19(22-12-15-24-13-6-7-14-24)23-16-20(10-11-20)17-8-4-5-9-18(17)25-2/h4-9,13-14H,3,10-12,15-16H2,1-2H3,(H2,21,22,23). The highest BCUT2D eigenvalue weighted by Gasteiger charge is 2.46. The second-order valence-electron chi connectivity index (χ2n) is 6.52. The van der Waals surface area contributed by atoms with Crippen molar-refractivity contribution in [1.29, 1.82) is 0 Å². The predicted molar refractivity (Wildman–Crippen MR) is 102 cm³/mol. The zero-order chi connectivity index (χ0) is 17.5. The molecular formula is C20H28N4O. The number of hydrogen-bond donors (Lipinski definition) is 2. The van der Waals surface area contributed by atoms with Gasteiger partial charge in [-0.3, -0.25) is 4.99 Å². The minimum atomic E-state index is 0.134. The van der Waals surface area contributed by atoms with E-state index in [0.717, 1.165) is 37.9 Å². The summed E-state index contributed by atoms with van der Waals surface area (Å²) in [5.74, 6) is 1.86. The molecule has 1 aliphatic carbocycles. The summed E-state index contributed by atoms with van der Waals surface area (Å²) in [6.45, 7) is 5.51. The summed E-state index contributed by atoms with van der Waals surface area (Å²) in [4.78, 5) is 4.85. The lowest BCUT2D eigenvalue weighted by Crippen LogP contribution is -2.39. The van der Waals surface area contributed by atoms with Crippen LogP contribution >= 0.6 is 0 Å². The molecule has 0 radical (unpaired) electrons. The van der Waals surface area contributed by atoms with Crippen LogP contribution in [-0.4, -0.2) is 37.3 Å². The molecule has 1 saturated carbocycles. The molecule has 2 N–H and O–H groups in total. The molecule has 1 fully saturated rings. The second kappa shape index (κ2) is 8.10. The summed E-state index contributed by atoms with van der Waals surface area (Å²) in [5, 5.41) is 6.77. The topological polar surface area (TPSA) is 50.6 Å². The first-order chi connectivity index (χ1) is 12.3. The molecule has 3 rings (SSSR count). The lowest BCUT2D eigenvalue weighted by molar-refractivity contribution is 0.404. The van der Waals surface area contributed by atoms with Gasteiger partial charge in [-0.05, 0) is 38.0 Å². The van der Waals surface area contributed by atoms with Crippen LogP contribution in [-0.2, 0) is 12.0 Å². The first-order valence-electron chi connectivity index (χ1n) is 9.04. The molecule has 2 aromatic rings. The van der Waals surface area contributed by atoms with Gasteiger partial charge in [0.25, 0.3) is 0 Å². The maximum absolute atomic E-state index is 5.55. The minimum absolute atomic E-state index is 0.134. The lowest BCUT2D eigenvalue weighted by atomic mass is 9.95. The highest BCUT2D eigenvalue weighted by atomic mass is 16.5. The summed E-state index contributed by atoms with van der Waals surface area (Å²) in [7, 11) is 1.74. The van der Waals surface area contributed by atoms with Crippen LogP contribution in [0, 0.1) is 0 Å². The first kappa shape index (κ1) is 17.4. The second-order valence-corrected chi connectivity index (χ2v) is 6.52. The number of nitrogens with zero attached hydrogens (tertiary/aromatic N) is 2. The van der Waals surface area contributed by atoms with E-state index in [0.29, 0.717) is 0 Å². The van der Waals surface area contributed by atoms with Gasteiger partial charge in [-0.2, -0.15) is 0 Å². The van der Waals surface area contributed by atoms with Crippen LogP contribution in [0.5, 0.6) is 5.75 Å². The summed E-state index contributed by atoms with van der Waals surface area (Å²) < 4.78 is 7.71. The number of ether oxygens (including phenoxy) is 1. The van der Waals surface area contributed by atoms with Crippen LogP contribution in [0.3, 0.4) is 0 Å². The van der Waals surface area contributed by atoms with Crippen LogP contribution < -0.4 is 15.4 Å². The molecule has 1 heterocycles. The maximum Gasteiger partial charge on any atom is 0.191 e. The number of hydrogen-bond acceptors (Lipinski definition) is 2. The molecule has 5 heteroatoms. The van der Waals surface area contributed by atoms with Crippen molar-refractivity contribution in [2.75, 3.05) is 26.7 Å². The Morgan fingerprint density at radius 3 is 2.60 bits per heavy atom. The van der Waals surface area contributed by atoms with E-state index in [2.05, 4.69) is 46.7 Å². The smallest absolute Gasteiger partial charge is 0.191 e. The number of aromatic nitrogens is 1. The van der Waals surface area contributed by atoms with Crippen LogP contribution in [0.4, 0.5) is 0 Å². The van der Waals surface area contributed by atoms with E-state index in [1.54, 1.807) is 7.11 Å². The molecule has 0 spiro atoms. The third kappa shape index (κ3) is 4.35. The fourth-order valence-electron chi connectivity index (χ4n) is 3.14. The molecule has 134 valence electrons. The van der Waals surface area contributed by atoms with Crippen molar-refractivity contribution in [3.05, 3.63) is 54.4 Å². The van der Waals surface area contributed by atoms with Crippen molar-refractivity contribution in [1.82, 2.24) is 15.2 Å². The monoisotopic (exact) mass is 340 g/mol. The molecule has 25 heavy (non-hydrogen) atoms. The predicted octanol–water partition coefficient (Wildman–Crippen LogP) is 2.78. The van der Waals surface area contributed by atoms with Gasteiger partial charge in [0, 0.05) is 43.0 Å². The van der Waals surface area contributed by atoms with E-state index in [1.165, 1.54) is 18.4 Å². The van der Waals surface area contributed by atoms with Crippen molar-refractivity contribution in [2.24, 2.45) is 4.99 Å². The highest BCUT2D eigenvalue weighted by molar-refractivity contribution is 5.79. The van der Waals surface area contributed by atoms with Crippen molar-refractivity contribution in [3.8, 4) is 5.75 Å². The van der Waals surface area contributed by atoms with Crippen molar-refractivity contribution in [3.63, 3.8) is 0 Å². The Balaban J connectivity index is 1.62. The van der Waals surface area contributed by atoms with Gasteiger partial charge in [0.15, 0.2) is 5.96 Å². The van der Waals surface area contributed by atoms with E-state index < -0.39 is 0 Å². The van der Waals surface area contributed by atoms with Gasteiger partial charge < -0.3 is 19.9 Å². The number of aliphatic imine (C=N–C) groups is 1. The average molecular weight is 340 g/mol. The Morgan fingerprint density at radius 2 is 1.92 bits per heavy atom. The van der Waals surface area contributed by atoms with Crippen LogP contribution in [0.2, 0.25) is 0 Å². The van der Waals surface area contributed by atoms with E-state index in [9.17, 15) is 0 Å². The van der Waals surface area contributed by atoms with Crippen molar-refractivity contribution >= 4 is 5.96 Å². The molecule has 0 bridgehead atoms. The number of para-hydroxylation sites is 1. The van der Waals surface area contributed by atoms with Crippen molar-refractivity contribution < 1.29 is 4.74 Å². The number of methoxy groups -OCH3 is 1. The molecule has 0 aliphatic heterocycles. The van der Waals surface area contributed by atoms with Gasteiger partial charge in [-0.25, -0.2) is 0 Å². The zero-order valence-corrected chi connectivity index (χ0v) is 15.2. The maximum atomic E-state index is 5.55. The molecule has 0 atom stereocenters. The Morgan fingerprint density at radius 1 is 1.16 bits per heavy atom. The van der Waals surface area contributed by atoms with E-state index in [-0.39, 0.29) is 5.41 Å². The number of nitrogens with one attached hydrogen (secondary N) is 2. The van der Waals surface area contributed by atoms with Gasteiger partial charge >= 0.3 is 0 Å². The Labute approximate surface area is 150 Å². The van der Waals surface area contributed by atoms with Gasteiger partial charge in [0.1, 0.15) is 5.75 Å². The summed E-state index contributed by atoms with van der Waals surface area (Å²) in [6.07, 6.45) is 6.48. The van der Waals surface area contributed by atoms with Crippen LogP contribution in [0.25, 0.3) is 0 Å². The molecule has 0 amide bonds. The summed E-state index contributed by atoms with van der Waals surface area (Å²) >= 11 is 0. The lowest BCUT2D eigenvalue weighted by Gasteiger charge is -2.18. The Kier molecular flexibility index (Phi) is 5.64. The average Bonchev–Trinajstić information content (AvgIpc) is 3.26. The van der Waals surface area contributed by atoms with Crippen LogP contribution in [0.1, 0.15) is 25.3 Å². The zero-order valence-electron chi connectivity index (χ0n) is 15.2. The van der Waals surface area contributed by atoms with Gasteiger partial charge in [-0.15, -0.1) is 0 Å². The third-order valence-corrected chi connectivity index (χ3v) is 4.74. The third-order valence-electron chi connectivity index (χ3n) is 4.74. The summed E-state index contributed by atoms with van der Waals surface area (Å²) in [6, 6.07) is 12.4. The molecule has 1 aliphatic rings. The molecular weight excluding hydrogens is 312 g/mol. The largest absolute Gasteiger partial charge is 0.496 e. The van der Waals surface area contributed by atoms with Gasteiger partial charge in [0.2, 0.25) is 0 Å². The number of rotatable bonds is 8. The SMILES string of the molecule is CCNC(=NCC1(c2ccccc2OC)CC1)NCCn1cccc1. The molecule has 1 aromatic carbocycles. The van der Waals surface area contributed by atoms with E-state index >= 15 is 0 Å². The minimum Gasteiger partial charge on any atom is -0.496 e. The van der Waals surface area contributed by atoms with Crippen molar-refractivity contribution in [2.45, 2.75) is 31.7 Å². The fourth-order valence-corrected chi connectivity index (χ4v) is 3.14. The molecule has 1 aromatic heterocycles. The molecule has 0 saturated heterocycles. The molecule has 0 unspecified atom stereocenters. The fraction of sp³-hybridized carbons (Fsp3) is 0.450. The van der Waals surface area contributed by atoms with E-state index in [4.69, 9.17) is 9.73 Å². The Hall–Kier alpha value is -2.43. The molecule has 5 nitrogen and oxygen atoms in total. The van der Waals surface area contributed by atoms with Crippen LogP contribution in [0.15, 0.2) is 53.8 Å². The van der Waals surface area contributed by atoms with Gasteiger partial charge in [-0.1, -0.05) is 18.2 Å². The van der Waals surface area contributed by atoms with Gasteiger partial charge in [0.05, 0.1) is 13.7 Å². The number of guanidine groups is 1. The normalized spacial score (nSPS) is 15.7. The quantitative estimate of drug-likeness (QED) is 0.574. The number of benzene rings is 1.